The predicted octanol–water partition coefficient (Wildman–Crippen LogP) is -2.27. The molecule has 0 fully saturated rings. The second kappa shape index (κ2) is 7.41. The lowest BCUT2D eigenvalue weighted by molar-refractivity contribution is -0.133. The quantitative estimate of drug-likeness (QED) is 0.552. The van der Waals surface area contributed by atoms with E-state index in [1.165, 1.54) is 0 Å². The summed E-state index contributed by atoms with van der Waals surface area (Å²) in [7, 11) is 0.132. The van der Waals surface area contributed by atoms with E-state index in [-0.39, 0.29) is 27.9 Å². The van der Waals surface area contributed by atoms with Crippen molar-refractivity contribution in [2.24, 2.45) is 0 Å². The summed E-state index contributed by atoms with van der Waals surface area (Å²) in [5, 5.41) is 8.35. The van der Waals surface area contributed by atoms with E-state index < -0.39 is 5.97 Å². The molecule has 0 aliphatic rings. The van der Waals surface area contributed by atoms with Crippen molar-refractivity contribution in [3.63, 3.8) is 0 Å². The second-order valence-electron chi connectivity index (χ2n) is 1.73. The van der Waals surface area contributed by atoms with Crippen molar-refractivity contribution in [3.05, 3.63) is 0 Å². The molecule has 0 saturated heterocycles. The molecule has 0 radical (unpaired) electrons. The lowest BCUT2D eigenvalue weighted by Gasteiger charge is -1.97. The number of halogens is 1. The van der Waals surface area contributed by atoms with Crippen molar-refractivity contribution in [2.75, 3.05) is 17.3 Å². The van der Waals surface area contributed by atoms with Gasteiger partial charge in [-0.2, -0.15) is 0 Å². The maximum Gasteiger partial charge on any atom is 0.353 e. The van der Waals surface area contributed by atoms with E-state index in [0.29, 0.717) is 5.75 Å². The molecule has 0 spiro atoms. The number of carbonyl (C=O) groups is 1. The Morgan fingerprint density at radius 1 is 1.40 bits per heavy atom. The fourth-order valence-corrected chi connectivity index (χ4v) is 1.75. The fourth-order valence-electron chi connectivity index (χ4n) is 0.583. The number of aliphatic carboxylic acids is 1. The third-order valence-corrected chi connectivity index (χ3v) is 3.43. The first kappa shape index (κ1) is 12.9. The van der Waals surface area contributed by atoms with Crippen LogP contribution < -0.4 is 17.0 Å². The normalized spacial score (nSPS) is 9.10. The fraction of sp³-hybridized carbons (Fsp3) is 0.833. The summed E-state index contributed by atoms with van der Waals surface area (Å²) in [6.07, 6.45) is 0. The van der Waals surface area contributed by atoms with Crippen molar-refractivity contribution in [1.82, 2.24) is 0 Å². The summed E-state index contributed by atoms with van der Waals surface area (Å²) in [6, 6.07) is 0. The second-order valence-corrected chi connectivity index (χ2v) is 4.40. The zero-order chi connectivity index (χ0) is 7.28. The van der Waals surface area contributed by atoms with Crippen LogP contribution in [0.4, 0.5) is 0 Å². The van der Waals surface area contributed by atoms with Crippen LogP contribution >= 0.6 is 0 Å². The minimum absolute atomic E-state index is 0. The molecule has 0 heterocycles. The highest BCUT2D eigenvalue weighted by molar-refractivity contribution is 7.97. The van der Waals surface area contributed by atoms with E-state index in [9.17, 15) is 4.79 Å². The topological polar surface area (TPSA) is 37.3 Å². The average Bonchev–Trinajstić information content (AvgIpc) is 1.82. The molecule has 0 aromatic heterocycles. The van der Waals surface area contributed by atoms with E-state index in [4.69, 9.17) is 5.11 Å². The molecule has 0 amide bonds. The van der Waals surface area contributed by atoms with E-state index >= 15 is 0 Å². The minimum atomic E-state index is -0.665. The van der Waals surface area contributed by atoms with Gasteiger partial charge >= 0.3 is 5.97 Å². The molecule has 0 bridgehead atoms. The summed E-state index contributed by atoms with van der Waals surface area (Å²) in [5.74, 6) is 1.69. The lowest BCUT2D eigenvalue weighted by Crippen LogP contribution is -3.00. The van der Waals surface area contributed by atoms with Crippen LogP contribution in [0.2, 0.25) is 0 Å². The third-order valence-electron chi connectivity index (χ3n) is 1.14. The maximum absolute atomic E-state index is 10.1. The Balaban J connectivity index is 0. The van der Waals surface area contributed by atoms with Gasteiger partial charge in [0.15, 0.2) is 0 Å². The van der Waals surface area contributed by atoms with Crippen LogP contribution in [0.3, 0.4) is 0 Å². The van der Waals surface area contributed by atoms with Gasteiger partial charge in [0.05, 0.1) is 0 Å². The standard InChI is InChI=1S/C6H12O2S.BrH/c1-3-9(4-2)5-6(7)8;/h3-5H2,1-2H3;1H. The Bertz CT molecular complexity index is 93.7. The summed E-state index contributed by atoms with van der Waals surface area (Å²) < 4.78 is 0. The molecule has 0 unspecified atom stereocenters. The van der Waals surface area contributed by atoms with E-state index in [0.717, 1.165) is 11.5 Å². The van der Waals surface area contributed by atoms with Crippen molar-refractivity contribution in [3.8, 4) is 0 Å². The van der Waals surface area contributed by atoms with Gasteiger partial charge in [-0.05, 0) is 24.7 Å². The summed E-state index contributed by atoms with van der Waals surface area (Å²) in [6.45, 7) is 4.07. The number of hydrogen-bond acceptors (Lipinski definition) is 1. The van der Waals surface area contributed by atoms with Crippen molar-refractivity contribution >= 4 is 16.9 Å². The molecular formula is C6H13BrO2S. The smallest absolute Gasteiger partial charge is 0.353 e. The average molecular weight is 229 g/mol. The first-order valence-electron chi connectivity index (χ1n) is 3.06. The minimum Gasteiger partial charge on any atom is -1.00 e. The highest BCUT2D eigenvalue weighted by Gasteiger charge is 2.16. The maximum atomic E-state index is 10.1. The Morgan fingerprint density at radius 3 is 1.90 bits per heavy atom. The molecule has 0 atom stereocenters. The van der Waals surface area contributed by atoms with Crippen molar-refractivity contribution in [2.45, 2.75) is 13.8 Å². The Morgan fingerprint density at radius 2 is 1.80 bits per heavy atom. The van der Waals surface area contributed by atoms with Gasteiger partial charge in [-0.15, -0.1) is 0 Å². The number of hydrogen-bond donors (Lipinski definition) is 1. The van der Waals surface area contributed by atoms with Crippen LogP contribution in [0.1, 0.15) is 13.8 Å². The first-order chi connectivity index (χ1) is 4.20. The van der Waals surface area contributed by atoms with E-state index in [1.54, 1.807) is 0 Å². The molecule has 0 aromatic carbocycles. The molecule has 0 aliphatic heterocycles. The van der Waals surface area contributed by atoms with Crippen LogP contribution in [0.25, 0.3) is 0 Å². The molecule has 0 rings (SSSR count). The summed E-state index contributed by atoms with van der Waals surface area (Å²) in [4.78, 5) is 10.1. The monoisotopic (exact) mass is 228 g/mol. The zero-order valence-corrected chi connectivity index (χ0v) is 8.67. The summed E-state index contributed by atoms with van der Waals surface area (Å²) >= 11 is 0. The molecule has 0 aliphatic carbocycles. The molecule has 2 nitrogen and oxygen atoms in total. The molecule has 62 valence electrons. The van der Waals surface area contributed by atoms with Crippen LogP contribution in [-0.4, -0.2) is 28.3 Å². The Hall–Kier alpha value is 0.300. The van der Waals surface area contributed by atoms with Crippen LogP contribution in [0.5, 0.6) is 0 Å². The molecule has 0 aromatic rings. The highest BCUT2D eigenvalue weighted by Crippen LogP contribution is 1.94. The lowest BCUT2D eigenvalue weighted by atomic mass is 10.8. The Kier molecular flexibility index (Phi) is 9.58. The highest BCUT2D eigenvalue weighted by atomic mass is 79.9. The van der Waals surface area contributed by atoms with Gasteiger partial charge < -0.3 is 22.1 Å². The SMILES string of the molecule is CC[S+](CC)CC(=O)O.[Br-]. The van der Waals surface area contributed by atoms with Gasteiger partial charge in [0.1, 0.15) is 11.5 Å². The van der Waals surface area contributed by atoms with Crippen molar-refractivity contribution < 1.29 is 26.9 Å². The third kappa shape index (κ3) is 6.42. The van der Waals surface area contributed by atoms with E-state index in [2.05, 4.69) is 0 Å². The molecule has 10 heavy (non-hydrogen) atoms. The van der Waals surface area contributed by atoms with Gasteiger partial charge in [0.25, 0.3) is 0 Å². The van der Waals surface area contributed by atoms with Crippen LogP contribution in [-0.2, 0) is 15.7 Å². The van der Waals surface area contributed by atoms with Gasteiger partial charge in [-0.25, -0.2) is 4.79 Å². The largest absolute Gasteiger partial charge is 1.00 e. The number of rotatable bonds is 4. The zero-order valence-electron chi connectivity index (χ0n) is 6.26. The number of carboxylic acid groups (broad SMARTS) is 1. The van der Waals surface area contributed by atoms with Gasteiger partial charge in [-0.1, -0.05) is 0 Å². The summed E-state index contributed by atoms with van der Waals surface area (Å²) in [5.41, 5.74) is 0. The number of carboxylic acids is 1. The van der Waals surface area contributed by atoms with Gasteiger partial charge in [0.2, 0.25) is 5.75 Å². The van der Waals surface area contributed by atoms with E-state index in [1.807, 2.05) is 13.8 Å². The molecule has 1 N–H and O–H groups in total. The Labute approximate surface area is 75.1 Å². The van der Waals surface area contributed by atoms with Gasteiger partial charge in [0, 0.05) is 0 Å². The molecular weight excluding hydrogens is 216 g/mol. The molecule has 4 heteroatoms. The predicted molar refractivity (Wildman–Crippen MR) is 40.9 cm³/mol. The van der Waals surface area contributed by atoms with Crippen LogP contribution in [0.15, 0.2) is 0 Å². The first-order valence-corrected chi connectivity index (χ1v) is 4.79. The van der Waals surface area contributed by atoms with Crippen LogP contribution in [0, 0.1) is 0 Å². The van der Waals surface area contributed by atoms with Gasteiger partial charge in [-0.3, -0.25) is 0 Å². The molecule has 0 saturated carbocycles. The van der Waals surface area contributed by atoms with Crippen molar-refractivity contribution in [1.29, 1.82) is 0 Å².